The molecular weight excluding hydrogens is 220 g/mol. The Balaban J connectivity index is 2.59. The predicted octanol–water partition coefficient (Wildman–Crippen LogP) is 0.632. The van der Waals surface area contributed by atoms with Crippen LogP contribution in [0.4, 0.5) is 5.95 Å². The minimum atomic E-state index is 0.0400. The van der Waals surface area contributed by atoms with Crippen LogP contribution in [-0.2, 0) is 0 Å². The molecule has 0 radical (unpaired) electrons. The van der Waals surface area contributed by atoms with E-state index in [1.807, 2.05) is 13.8 Å². The van der Waals surface area contributed by atoms with Crippen LogP contribution in [0.25, 0.3) is 11.0 Å². The average Bonchev–Trinajstić information content (AvgIpc) is 2.32. The Labute approximate surface area is 98.7 Å². The largest absolute Gasteiger partial charge is 0.739 e. The van der Waals surface area contributed by atoms with Gasteiger partial charge in [-0.15, -0.1) is 0 Å². The van der Waals surface area contributed by atoms with Crippen LogP contribution >= 0.6 is 0 Å². The van der Waals surface area contributed by atoms with Crippen LogP contribution in [0.1, 0.15) is 18.9 Å². The number of hydrogen-bond acceptors (Lipinski definition) is 4. The molecule has 0 aliphatic carbocycles. The summed E-state index contributed by atoms with van der Waals surface area (Å²) >= 11 is 0. The van der Waals surface area contributed by atoms with E-state index in [2.05, 4.69) is 10.4 Å². The number of rotatable bonds is 3. The highest BCUT2D eigenvalue weighted by atomic mass is 16.5. The van der Waals surface area contributed by atoms with Gasteiger partial charge in [-0.3, -0.25) is 5.32 Å². The molecule has 1 aromatic heterocycles. The van der Waals surface area contributed by atoms with Crippen LogP contribution in [0.5, 0.6) is 0 Å². The fourth-order valence-corrected chi connectivity index (χ4v) is 1.60. The second kappa shape index (κ2) is 4.40. The fraction of sp³-hybridized carbons (Fsp3) is 0.364. The Hall–Kier alpha value is -2.11. The quantitative estimate of drug-likeness (QED) is 0.624. The first kappa shape index (κ1) is 11.4. The molecule has 1 N–H and O–H groups in total. The molecule has 0 bridgehead atoms. The van der Waals surface area contributed by atoms with Crippen molar-refractivity contribution in [3.05, 3.63) is 34.2 Å². The zero-order valence-corrected chi connectivity index (χ0v) is 9.80. The van der Waals surface area contributed by atoms with Crippen molar-refractivity contribution in [1.82, 2.24) is 5.10 Å². The lowest BCUT2D eigenvalue weighted by Gasteiger charge is -2.09. The van der Waals surface area contributed by atoms with Crippen LogP contribution in [0.2, 0.25) is 0 Å². The van der Waals surface area contributed by atoms with Crippen LogP contribution in [0.15, 0.2) is 18.2 Å². The van der Waals surface area contributed by atoms with Gasteiger partial charge >= 0.3 is 5.95 Å². The van der Waals surface area contributed by atoms with Gasteiger partial charge in [0.05, 0.1) is 6.54 Å². The Morgan fingerprint density at radius 3 is 2.76 bits per heavy atom. The van der Waals surface area contributed by atoms with E-state index >= 15 is 0 Å². The minimum absolute atomic E-state index is 0.0400. The molecular formula is C11H14N4O2. The molecule has 2 rings (SSSR count). The highest BCUT2D eigenvalue weighted by molar-refractivity contribution is 5.68. The van der Waals surface area contributed by atoms with E-state index in [1.165, 1.54) is 0 Å². The molecule has 0 atom stereocenters. The third-order valence-electron chi connectivity index (χ3n) is 2.47. The first-order valence-electron chi connectivity index (χ1n) is 5.51. The number of benzene rings is 1. The van der Waals surface area contributed by atoms with E-state index in [1.54, 1.807) is 18.2 Å². The van der Waals surface area contributed by atoms with E-state index < -0.39 is 0 Å². The van der Waals surface area contributed by atoms with Crippen molar-refractivity contribution in [1.29, 1.82) is 0 Å². The van der Waals surface area contributed by atoms with Gasteiger partial charge in [-0.2, -0.15) is 0 Å². The number of fused-ring (bicyclic) bond motifs is 1. The molecule has 0 fully saturated rings. The molecule has 1 heterocycles. The highest BCUT2D eigenvalue weighted by Crippen LogP contribution is 2.08. The third kappa shape index (κ3) is 2.06. The number of nitrogens with one attached hydrogen (secondary N) is 1. The molecule has 17 heavy (non-hydrogen) atoms. The first-order valence-corrected chi connectivity index (χ1v) is 5.51. The summed E-state index contributed by atoms with van der Waals surface area (Å²) in [6.07, 6.45) is 0.854. The van der Waals surface area contributed by atoms with Gasteiger partial charge in [0.2, 0.25) is 5.10 Å². The lowest BCUT2D eigenvalue weighted by Crippen LogP contribution is -2.44. The Kier molecular flexibility index (Phi) is 2.95. The number of anilines is 1. The van der Waals surface area contributed by atoms with E-state index in [0.717, 1.165) is 12.0 Å². The molecule has 6 nitrogen and oxygen atoms in total. The van der Waals surface area contributed by atoms with Gasteiger partial charge in [0.25, 0.3) is 5.52 Å². The Morgan fingerprint density at radius 2 is 2.06 bits per heavy atom. The van der Waals surface area contributed by atoms with Crippen LogP contribution in [-0.4, -0.2) is 11.6 Å². The summed E-state index contributed by atoms with van der Waals surface area (Å²) in [5.41, 5.74) is 1.51. The summed E-state index contributed by atoms with van der Waals surface area (Å²) in [7, 11) is 0. The van der Waals surface area contributed by atoms with Crippen molar-refractivity contribution < 1.29 is 9.58 Å². The monoisotopic (exact) mass is 234 g/mol. The number of aryl methyl sites for hydroxylation is 1. The second-order valence-corrected chi connectivity index (χ2v) is 3.91. The van der Waals surface area contributed by atoms with Crippen molar-refractivity contribution >= 4 is 17.0 Å². The van der Waals surface area contributed by atoms with Gasteiger partial charge in [0.1, 0.15) is 0 Å². The maximum absolute atomic E-state index is 11.9. The first-order chi connectivity index (χ1) is 8.13. The number of hydrogen-bond donors (Lipinski definition) is 1. The lowest BCUT2D eigenvalue weighted by molar-refractivity contribution is -0.672. The summed E-state index contributed by atoms with van der Waals surface area (Å²) in [6, 6.07) is 5.07. The van der Waals surface area contributed by atoms with Crippen LogP contribution in [0.3, 0.4) is 0 Å². The molecule has 0 aliphatic heterocycles. The van der Waals surface area contributed by atoms with Crippen molar-refractivity contribution in [2.24, 2.45) is 0 Å². The molecule has 0 spiro atoms. The average molecular weight is 234 g/mol. The van der Waals surface area contributed by atoms with Crippen LogP contribution in [0, 0.1) is 17.3 Å². The fourth-order valence-electron chi connectivity index (χ4n) is 1.60. The molecule has 90 valence electrons. The number of nitrogens with zero attached hydrogens (tertiary/aromatic N) is 3. The second-order valence-electron chi connectivity index (χ2n) is 3.91. The summed E-state index contributed by atoms with van der Waals surface area (Å²) in [6.45, 7) is 4.43. The summed E-state index contributed by atoms with van der Waals surface area (Å²) < 4.78 is 0.652. The standard InChI is InChI=1S/C11H14N4O2/c1-3-6-12-11-13-15(17)10-7-8(2)4-5-9(10)14(11)16/h4-5,7H,3,6H2,1-2H3,(H,12,13). The number of aromatic nitrogens is 3. The smallest absolute Gasteiger partial charge is 0.460 e. The summed E-state index contributed by atoms with van der Waals surface area (Å²) in [5, 5.41) is 30.1. The third-order valence-corrected chi connectivity index (χ3v) is 2.47. The maximum atomic E-state index is 11.9. The zero-order valence-electron chi connectivity index (χ0n) is 9.80. The van der Waals surface area contributed by atoms with Crippen molar-refractivity contribution in [3.8, 4) is 0 Å². The molecule has 0 unspecified atom stereocenters. The molecule has 1 aromatic carbocycles. The van der Waals surface area contributed by atoms with Crippen molar-refractivity contribution in [2.45, 2.75) is 20.3 Å². The van der Waals surface area contributed by atoms with E-state index in [0.29, 0.717) is 21.6 Å². The molecule has 2 aromatic rings. The Morgan fingerprint density at radius 1 is 1.29 bits per heavy atom. The van der Waals surface area contributed by atoms with Gasteiger partial charge in [0.15, 0.2) is 5.52 Å². The van der Waals surface area contributed by atoms with Gasteiger partial charge < -0.3 is 10.4 Å². The van der Waals surface area contributed by atoms with Crippen LogP contribution < -0.4 is 14.9 Å². The molecule has 6 heteroatoms. The Bertz CT molecular complexity index is 557. The van der Waals surface area contributed by atoms with Gasteiger partial charge in [-0.05, 0) is 25.0 Å². The van der Waals surface area contributed by atoms with Gasteiger partial charge in [0, 0.05) is 10.9 Å². The van der Waals surface area contributed by atoms with Crippen molar-refractivity contribution in [2.75, 3.05) is 11.9 Å². The lowest BCUT2D eigenvalue weighted by atomic mass is 10.2. The minimum Gasteiger partial charge on any atom is -0.739 e. The maximum Gasteiger partial charge on any atom is 0.460 e. The van der Waals surface area contributed by atoms with Crippen molar-refractivity contribution in [3.63, 3.8) is 0 Å². The van der Waals surface area contributed by atoms with E-state index in [-0.39, 0.29) is 11.5 Å². The van der Waals surface area contributed by atoms with E-state index in [4.69, 9.17) is 0 Å². The zero-order chi connectivity index (χ0) is 12.4. The van der Waals surface area contributed by atoms with E-state index in [9.17, 15) is 10.4 Å². The van der Waals surface area contributed by atoms with Gasteiger partial charge in [-0.25, -0.2) is 4.73 Å². The normalized spacial score (nSPS) is 10.7. The summed E-state index contributed by atoms with van der Waals surface area (Å²) in [4.78, 5) is 0.481. The molecule has 0 aliphatic rings. The molecule has 0 saturated heterocycles. The van der Waals surface area contributed by atoms with Gasteiger partial charge in [-0.1, -0.05) is 13.0 Å². The topological polar surface area (TPSA) is 78.8 Å². The SMILES string of the molecule is CCCNc1n[n+]([O-])c2cc(C)ccc2[n+]1[O-]. The predicted molar refractivity (Wildman–Crippen MR) is 63.2 cm³/mol. The summed E-state index contributed by atoms with van der Waals surface area (Å²) in [5.74, 6) is 0.0400. The highest BCUT2D eigenvalue weighted by Gasteiger charge is 2.19. The molecule has 0 saturated carbocycles. The molecule has 0 amide bonds.